The van der Waals surface area contributed by atoms with Gasteiger partial charge in [-0.05, 0) is 78.0 Å². The van der Waals surface area contributed by atoms with Gasteiger partial charge in [0.05, 0.1) is 29.2 Å². The van der Waals surface area contributed by atoms with Crippen LogP contribution in [-0.2, 0) is 35.2 Å². The standard InChI is InChI=1S/C33H44Cl2N2O4Si/c1-22(36-20-31(41-42(5,6)33(2,3)4)26-11-13-30(39)27(18-26)21-38)14-23-8-7-9-24(15-23)17-32(40)37-19-25-10-12-28(34)29(35)16-25/h7-13,15-16,18,22,31,36,38-39H,14,17,19-21H2,1-6H3,(H,37,40). The molecule has 6 nitrogen and oxygen atoms in total. The molecule has 3 rings (SSSR count). The van der Waals surface area contributed by atoms with Crippen molar-refractivity contribution >= 4 is 37.4 Å². The molecule has 0 saturated heterocycles. The van der Waals surface area contributed by atoms with Crippen molar-refractivity contribution in [1.82, 2.24) is 10.6 Å². The first-order chi connectivity index (χ1) is 19.7. The summed E-state index contributed by atoms with van der Waals surface area (Å²) in [6.45, 7) is 14.0. The van der Waals surface area contributed by atoms with Crippen LogP contribution in [0.1, 0.15) is 61.6 Å². The molecule has 228 valence electrons. The molecule has 3 aromatic carbocycles. The van der Waals surface area contributed by atoms with Crippen molar-refractivity contribution in [1.29, 1.82) is 0 Å². The highest BCUT2D eigenvalue weighted by Gasteiger charge is 2.39. The maximum atomic E-state index is 12.6. The largest absolute Gasteiger partial charge is 0.508 e. The Morgan fingerprint density at radius 2 is 1.69 bits per heavy atom. The second-order valence-corrected chi connectivity index (χ2v) is 18.0. The summed E-state index contributed by atoms with van der Waals surface area (Å²) in [5, 5.41) is 27.4. The van der Waals surface area contributed by atoms with Gasteiger partial charge >= 0.3 is 0 Å². The number of hydrogen-bond acceptors (Lipinski definition) is 5. The SMILES string of the molecule is CC(Cc1cccc(CC(=O)NCc2ccc(Cl)c(Cl)c2)c1)NCC(O[Si](C)(C)C(C)(C)C)c1ccc(O)c(CO)c1. The Kier molecular flexibility index (Phi) is 12.1. The zero-order chi connectivity index (χ0) is 31.1. The van der Waals surface area contributed by atoms with E-state index in [1.54, 1.807) is 18.2 Å². The minimum Gasteiger partial charge on any atom is -0.508 e. The van der Waals surface area contributed by atoms with Crippen molar-refractivity contribution in [3.8, 4) is 5.75 Å². The van der Waals surface area contributed by atoms with Gasteiger partial charge in [0.1, 0.15) is 5.75 Å². The van der Waals surface area contributed by atoms with Crippen LogP contribution < -0.4 is 10.6 Å². The van der Waals surface area contributed by atoms with Gasteiger partial charge in [0.15, 0.2) is 8.32 Å². The number of carbonyl (C=O) groups excluding carboxylic acids is 1. The molecule has 0 heterocycles. The fourth-order valence-electron chi connectivity index (χ4n) is 4.39. The van der Waals surface area contributed by atoms with Crippen molar-refractivity contribution < 1.29 is 19.4 Å². The summed E-state index contributed by atoms with van der Waals surface area (Å²) in [7, 11) is -2.11. The van der Waals surface area contributed by atoms with E-state index in [9.17, 15) is 15.0 Å². The average molecular weight is 632 g/mol. The third kappa shape index (κ3) is 9.83. The van der Waals surface area contributed by atoms with Crippen molar-refractivity contribution in [2.45, 2.75) is 84.0 Å². The van der Waals surface area contributed by atoms with Gasteiger partial charge in [-0.15, -0.1) is 0 Å². The smallest absolute Gasteiger partial charge is 0.224 e. The molecule has 1 amide bonds. The molecule has 42 heavy (non-hydrogen) atoms. The molecular formula is C33H44Cl2N2O4Si. The monoisotopic (exact) mass is 630 g/mol. The van der Waals surface area contributed by atoms with Crippen molar-refractivity contribution in [3.63, 3.8) is 0 Å². The molecule has 9 heteroatoms. The van der Waals surface area contributed by atoms with Crippen LogP contribution in [-0.4, -0.2) is 37.0 Å². The number of amides is 1. The second-order valence-electron chi connectivity index (χ2n) is 12.4. The first kappa shape index (κ1) is 34.1. The van der Waals surface area contributed by atoms with Crippen LogP contribution in [0.2, 0.25) is 28.2 Å². The topological polar surface area (TPSA) is 90.8 Å². The van der Waals surface area contributed by atoms with Gasteiger partial charge in [0.25, 0.3) is 0 Å². The summed E-state index contributed by atoms with van der Waals surface area (Å²) in [5.41, 5.74) is 4.39. The molecule has 0 saturated carbocycles. The van der Waals surface area contributed by atoms with E-state index in [0.29, 0.717) is 28.7 Å². The number of aliphatic hydroxyl groups excluding tert-OH is 1. The van der Waals surface area contributed by atoms with Gasteiger partial charge in [-0.3, -0.25) is 4.79 Å². The number of aliphatic hydroxyl groups is 1. The van der Waals surface area contributed by atoms with Crippen LogP contribution in [0.4, 0.5) is 0 Å². The molecule has 2 atom stereocenters. The highest BCUT2D eigenvalue weighted by atomic mass is 35.5. The molecule has 0 aliphatic heterocycles. The number of phenols is 1. The van der Waals surface area contributed by atoms with Crippen molar-refractivity contribution in [2.24, 2.45) is 0 Å². The number of hydrogen-bond donors (Lipinski definition) is 4. The van der Waals surface area contributed by atoms with Gasteiger partial charge in [0.2, 0.25) is 5.91 Å². The van der Waals surface area contributed by atoms with Crippen molar-refractivity contribution in [2.75, 3.05) is 6.54 Å². The molecule has 3 aromatic rings. The molecule has 0 fully saturated rings. The zero-order valence-corrected chi connectivity index (χ0v) is 27.9. The molecule has 0 bridgehead atoms. The fourth-order valence-corrected chi connectivity index (χ4v) is 6.00. The quantitative estimate of drug-likeness (QED) is 0.148. The second kappa shape index (κ2) is 14.9. The fraction of sp³-hybridized carbons (Fsp3) is 0.424. The lowest BCUT2D eigenvalue weighted by Gasteiger charge is -2.40. The molecule has 0 aliphatic carbocycles. The lowest BCUT2D eigenvalue weighted by atomic mass is 10.0. The zero-order valence-electron chi connectivity index (χ0n) is 25.4. The highest BCUT2D eigenvalue weighted by molar-refractivity contribution is 6.74. The Bertz CT molecular complexity index is 1360. The van der Waals surface area contributed by atoms with E-state index in [1.807, 2.05) is 30.3 Å². The van der Waals surface area contributed by atoms with E-state index in [0.717, 1.165) is 28.7 Å². The minimum atomic E-state index is -2.11. The number of nitrogens with one attached hydrogen (secondary N) is 2. The van der Waals surface area contributed by atoms with Crippen LogP contribution in [0.25, 0.3) is 0 Å². The number of rotatable bonds is 13. The highest BCUT2D eigenvalue weighted by Crippen LogP contribution is 2.40. The third-order valence-electron chi connectivity index (χ3n) is 7.91. The van der Waals surface area contributed by atoms with E-state index < -0.39 is 8.32 Å². The van der Waals surface area contributed by atoms with Crippen LogP contribution in [0.3, 0.4) is 0 Å². The Hall–Kier alpha value is -2.39. The number of benzene rings is 3. The van der Waals surface area contributed by atoms with E-state index in [-0.39, 0.29) is 41.9 Å². The predicted octanol–water partition coefficient (Wildman–Crippen LogP) is 7.33. The predicted molar refractivity (Wildman–Crippen MR) is 175 cm³/mol. The van der Waals surface area contributed by atoms with Gasteiger partial charge in [0, 0.05) is 24.7 Å². The lowest BCUT2D eigenvalue weighted by molar-refractivity contribution is -0.120. The van der Waals surface area contributed by atoms with Gasteiger partial charge in [-0.25, -0.2) is 0 Å². The van der Waals surface area contributed by atoms with E-state index in [2.05, 4.69) is 63.6 Å². The summed E-state index contributed by atoms with van der Waals surface area (Å²) < 4.78 is 6.81. The normalized spacial score (nSPS) is 13.5. The first-order valence-corrected chi connectivity index (χ1v) is 18.0. The van der Waals surface area contributed by atoms with Crippen LogP contribution in [0, 0.1) is 0 Å². The summed E-state index contributed by atoms with van der Waals surface area (Å²) in [5.74, 6) is 0.0164. The van der Waals surface area contributed by atoms with E-state index in [1.165, 1.54) is 0 Å². The van der Waals surface area contributed by atoms with Crippen LogP contribution in [0.5, 0.6) is 5.75 Å². The van der Waals surface area contributed by atoms with E-state index >= 15 is 0 Å². The van der Waals surface area contributed by atoms with Gasteiger partial charge < -0.3 is 25.3 Å². The lowest BCUT2D eigenvalue weighted by Crippen LogP contribution is -2.44. The summed E-state index contributed by atoms with van der Waals surface area (Å²) >= 11 is 12.1. The summed E-state index contributed by atoms with van der Waals surface area (Å²) in [4.78, 5) is 12.6. The minimum absolute atomic E-state index is 0.0300. The van der Waals surface area contributed by atoms with Crippen molar-refractivity contribution in [3.05, 3.63) is 98.5 Å². The molecule has 0 radical (unpaired) electrons. The van der Waals surface area contributed by atoms with Gasteiger partial charge in [-0.2, -0.15) is 0 Å². The number of aromatic hydroxyl groups is 1. The molecular weight excluding hydrogens is 587 g/mol. The average Bonchev–Trinajstić information content (AvgIpc) is 2.91. The third-order valence-corrected chi connectivity index (χ3v) is 13.1. The van der Waals surface area contributed by atoms with Crippen LogP contribution >= 0.6 is 23.2 Å². The summed E-state index contributed by atoms with van der Waals surface area (Å²) in [6, 6.07) is 18.9. The molecule has 0 aliphatic rings. The van der Waals surface area contributed by atoms with Crippen LogP contribution in [0.15, 0.2) is 60.7 Å². The molecule has 2 unspecified atom stereocenters. The molecule has 0 aromatic heterocycles. The van der Waals surface area contributed by atoms with E-state index in [4.69, 9.17) is 27.6 Å². The Morgan fingerprint density at radius 1 is 0.976 bits per heavy atom. The molecule has 4 N–H and O–H groups in total. The Balaban J connectivity index is 1.62. The van der Waals surface area contributed by atoms with Gasteiger partial charge in [-0.1, -0.05) is 80.4 Å². The number of carbonyl (C=O) groups is 1. The first-order valence-electron chi connectivity index (χ1n) is 14.3. The maximum absolute atomic E-state index is 12.6. The maximum Gasteiger partial charge on any atom is 0.224 e. The summed E-state index contributed by atoms with van der Waals surface area (Å²) in [6.07, 6.45) is 0.834. The Labute approximate surface area is 261 Å². The number of halogens is 2. The Morgan fingerprint density at radius 3 is 2.36 bits per heavy atom. The molecule has 0 spiro atoms.